The van der Waals surface area contributed by atoms with Crippen LogP contribution in [-0.4, -0.2) is 23.8 Å². The van der Waals surface area contributed by atoms with Gasteiger partial charge in [-0.15, -0.1) is 0 Å². The molecule has 0 unspecified atom stereocenters. The number of rotatable bonds is 5. The van der Waals surface area contributed by atoms with Gasteiger partial charge in [0, 0.05) is 23.4 Å². The SMILES string of the molecule is CN(Cc1cccc(Cl)c1)CC1(CBr)CCCCCC1. The summed E-state index contributed by atoms with van der Waals surface area (Å²) in [6.45, 7) is 2.15. The van der Waals surface area contributed by atoms with Gasteiger partial charge < -0.3 is 4.90 Å². The quantitative estimate of drug-likeness (QED) is 0.495. The van der Waals surface area contributed by atoms with Crippen LogP contribution in [0.2, 0.25) is 5.02 Å². The van der Waals surface area contributed by atoms with Gasteiger partial charge in [0.05, 0.1) is 0 Å². The second kappa shape index (κ2) is 7.82. The van der Waals surface area contributed by atoms with Crippen molar-refractivity contribution in [3.8, 4) is 0 Å². The summed E-state index contributed by atoms with van der Waals surface area (Å²) in [4.78, 5) is 2.46. The summed E-state index contributed by atoms with van der Waals surface area (Å²) in [5, 5.41) is 1.96. The van der Waals surface area contributed by atoms with Gasteiger partial charge in [0.2, 0.25) is 0 Å². The van der Waals surface area contributed by atoms with Crippen molar-refractivity contribution in [2.75, 3.05) is 18.9 Å². The van der Waals surface area contributed by atoms with E-state index >= 15 is 0 Å². The number of hydrogen-bond acceptors (Lipinski definition) is 1. The molecule has 0 aliphatic heterocycles. The van der Waals surface area contributed by atoms with Gasteiger partial charge in [-0.05, 0) is 43.0 Å². The summed E-state index contributed by atoms with van der Waals surface area (Å²) in [6.07, 6.45) is 8.31. The Morgan fingerprint density at radius 2 is 1.90 bits per heavy atom. The Bertz CT molecular complexity index is 413. The molecule has 0 bridgehead atoms. The summed E-state index contributed by atoms with van der Waals surface area (Å²) < 4.78 is 0. The molecular formula is C17H25BrClN. The minimum absolute atomic E-state index is 0.462. The molecule has 112 valence electrons. The first-order chi connectivity index (χ1) is 9.63. The van der Waals surface area contributed by atoms with E-state index in [9.17, 15) is 0 Å². The van der Waals surface area contributed by atoms with E-state index in [1.807, 2.05) is 12.1 Å². The lowest BCUT2D eigenvalue weighted by Gasteiger charge is -2.35. The Morgan fingerprint density at radius 3 is 2.50 bits per heavy atom. The van der Waals surface area contributed by atoms with Crippen molar-refractivity contribution in [2.45, 2.75) is 45.1 Å². The predicted molar refractivity (Wildman–Crippen MR) is 91.7 cm³/mol. The van der Waals surface area contributed by atoms with E-state index in [1.165, 1.54) is 50.6 Å². The van der Waals surface area contributed by atoms with Gasteiger partial charge in [-0.2, -0.15) is 0 Å². The van der Waals surface area contributed by atoms with Crippen LogP contribution in [0.15, 0.2) is 24.3 Å². The van der Waals surface area contributed by atoms with Crippen LogP contribution in [0.3, 0.4) is 0 Å². The molecule has 0 amide bonds. The third-order valence-corrected chi connectivity index (χ3v) is 5.82. The summed E-state index contributed by atoms with van der Waals surface area (Å²) in [5.41, 5.74) is 1.77. The molecule has 1 fully saturated rings. The normalized spacial score (nSPS) is 19.0. The third-order valence-electron chi connectivity index (χ3n) is 4.39. The molecule has 1 aliphatic rings. The molecule has 0 radical (unpaired) electrons. The Labute approximate surface area is 136 Å². The molecule has 1 nitrogen and oxygen atoms in total. The topological polar surface area (TPSA) is 3.24 Å². The number of halogens is 2. The average Bonchev–Trinajstić information content (AvgIpc) is 2.65. The lowest BCUT2D eigenvalue weighted by atomic mass is 9.82. The van der Waals surface area contributed by atoms with E-state index in [4.69, 9.17) is 11.6 Å². The van der Waals surface area contributed by atoms with Gasteiger partial charge in [0.25, 0.3) is 0 Å². The lowest BCUT2D eigenvalue weighted by Crippen LogP contribution is -2.36. The minimum atomic E-state index is 0.462. The van der Waals surface area contributed by atoms with Gasteiger partial charge in [-0.3, -0.25) is 0 Å². The Balaban J connectivity index is 1.96. The summed E-state index contributed by atoms with van der Waals surface area (Å²) in [7, 11) is 2.23. The van der Waals surface area contributed by atoms with Crippen LogP contribution in [0, 0.1) is 5.41 Å². The number of hydrogen-bond donors (Lipinski definition) is 0. The summed E-state index contributed by atoms with van der Waals surface area (Å²) in [5.74, 6) is 0. The van der Waals surface area contributed by atoms with E-state index in [0.717, 1.165) is 16.9 Å². The second-order valence-electron chi connectivity index (χ2n) is 6.35. The highest BCUT2D eigenvalue weighted by Crippen LogP contribution is 2.37. The molecular weight excluding hydrogens is 334 g/mol. The predicted octanol–water partition coefficient (Wildman–Crippen LogP) is 5.51. The first-order valence-electron chi connectivity index (χ1n) is 7.63. The molecule has 1 aromatic carbocycles. The molecule has 0 heterocycles. The molecule has 3 heteroatoms. The number of nitrogens with zero attached hydrogens (tertiary/aromatic N) is 1. The maximum Gasteiger partial charge on any atom is 0.0409 e. The van der Waals surface area contributed by atoms with Gasteiger partial charge in [0.15, 0.2) is 0 Å². The van der Waals surface area contributed by atoms with E-state index in [0.29, 0.717) is 5.41 Å². The van der Waals surface area contributed by atoms with E-state index < -0.39 is 0 Å². The van der Waals surface area contributed by atoms with Gasteiger partial charge in [-0.1, -0.05) is 65.3 Å². The van der Waals surface area contributed by atoms with Crippen LogP contribution in [0.5, 0.6) is 0 Å². The van der Waals surface area contributed by atoms with Crippen molar-refractivity contribution >= 4 is 27.5 Å². The second-order valence-corrected chi connectivity index (χ2v) is 7.35. The number of benzene rings is 1. The molecule has 0 aromatic heterocycles. The fourth-order valence-corrected chi connectivity index (χ4v) is 4.34. The zero-order chi connectivity index (χ0) is 14.4. The summed E-state index contributed by atoms with van der Waals surface area (Å²) >= 11 is 9.85. The van der Waals surface area contributed by atoms with Crippen molar-refractivity contribution in [1.29, 1.82) is 0 Å². The molecule has 0 atom stereocenters. The largest absolute Gasteiger partial charge is 0.302 e. The maximum absolute atomic E-state index is 6.07. The fraction of sp³-hybridized carbons (Fsp3) is 0.647. The average molecular weight is 359 g/mol. The van der Waals surface area contributed by atoms with Crippen LogP contribution >= 0.6 is 27.5 Å². The van der Waals surface area contributed by atoms with Gasteiger partial charge in [0.1, 0.15) is 0 Å². The van der Waals surface area contributed by atoms with Crippen molar-refractivity contribution < 1.29 is 0 Å². The Morgan fingerprint density at radius 1 is 1.20 bits per heavy atom. The van der Waals surface area contributed by atoms with Crippen molar-refractivity contribution in [3.63, 3.8) is 0 Å². The fourth-order valence-electron chi connectivity index (χ4n) is 3.39. The molecule has 1 aromatic rings. The molecule has 0 saturated heterocycles. The zero-order valence-electron chi connectivity index (χ0n) is 12.4. The van der Waals surface area contributed by atoms with Gasteiger partial charge >= 0.3 is 0 Å². The van der Waals surface area contributed by atoms with Crippen LogP contribution in [-0.2, 0) is 6.54 Å². The van der Waals surface area contributed by atoms with Crippen molar-refractivity contribution in [3.05, 3.63) is 34.9 Å². The van der Waals surface area contributed by atoms with Crippen LogP contribution in [0.4, 0.5) is 0 Å². The highest BCUT2D eigenvalue weighted by Gasteiger charge is 2.30. The molecule has 1 aliphatic carbocycles. The van der Waals surface area contributed by atoms with E-state index in [-0.39, 0.29) is 0 Å². The molecule has 0 N–H and O–H groups in total. The third kappa shape index (κ3) is 4.75. The molecule has 1 saturated carbocycles. The minimum Gasteiger partial charge on any atom is -0.302 e. The monoisotopic (exact) mass is 357 g/mol. The van der Waals surface area contributed by atoms with Crippen LogP contribution in [0.25, 0.3) is 0 Å². The van der Waals surface area contributed by atoms with Crippen LogP contribution in [0.1, 0.15) is 44.1 Å². The number of alkyl halides is 1. The Kier molecular flexibility index (Phi) is 6.38. The highest BCUT2D eigenvalue weighted by molar-refractivity contribution is 9.09. The molecule has 20 heavy (non-hydrogen) atoms. The summed E-state index contributed by atoms with van der Waals surface area (Å²) in [6, 6.07) is 8.22. The van der Waals surface area contributed by atoms with E-state index in [1.54, 1.807) is 0 Å². The van der Waals surface area contributed by atoms with Crippen LogP contribution < -0.4 is 0 Å². The maximum atomic E-state index is 6.07. The first-order valence-corrected chi connectivity index (χ1v) is 9.12. The molecule has 0 spiro atoms. The standard InChI is InChI=1S/C17H25BrClN/c1-20(12-15-7-6-8-16(19)11-15)14-17(13-18)9-4-2-3-5-10-17/h6-8,11H,2-5,9-10,12-14H2,1H3. The Hall–Kier alpha value is -0.0500. The first kappa shape index (κ1) is 16.3. The molecule has 2 rings (SSSR count). The zero-order valence-corrected chi connectivity index (χ0v) is 14.7. The lowest BCUT2D eigenvalue weighted by molar-refractivity contribution is 0.171. The highest BCUT2D eigenvalue weighted by atomic mass is 79.9. The van der Waals surface area contributed by atoms with Gasteiger partial charge in [-0.25, -0.2) is 0 Å². The van der Waals surface area contributed by atoms with Crippen molar-refractivity contribution in [2.24, 2.45) is 5.41 Å². The van der Waals surface area contributed by atoms with E-state index in [2.05, 4.69) is 40.0 Å². The smallest absolute Gasteiger partial charge is 0.0409 e. The van der Waals surface area contributed by atoms with Crippen molar-refractivity contribution in [1.82, 2.24) is 4.90 Å².